The van der Waals surface area contributed by atoms with Crippen molar-refractivity contribution in [1.82, 2.24) is 15.3 Å². The van der Waals surface area contributed by atoms with Gasteiger partial charge < -0.3 is 10.1 Å². The summed E-state index contributed by atoms with van der Waals surface area (Å²) in [7, 11) is 0. The van der Waals surface area contributed by atoms with Gasteiger partial charge >= 0.3 is 0 Å². The first kappa shape index (κ1) is 18.8. The van der Waals surface area contributed by atoms with E-state index < -0.39 is 0 Å². The highest BCUT2D eigenvalue weighted by Gasteiger charge is 2.23. The number of aromatic nitrogens is 2. The molecule has 2 aromatic heterocycles. The third kappa shape index (κ3) is 3.99. The monoisotopic (exact) mass is 399 g/mol. The molecular weight excluding hydrogens is 377 g/mol. The van der Waals surface area contributed by atoms with E-state index >= 15 is 0 Å². The van der Waals surface area contributed by atoms with Crippen LogP contribution in [0.15, 0.2) is 36.0 Å². The largest absolute Gasteiger partial charge is 0.467 e. The minimum atomic E-state index is -0.287. The van der Waals surface area contributed by atoms with Crippen LogP contribution in [0.25, 0.3) is 21.3 Å². The summed E-state index contributed by atoms with van der Waals surface area (Å²) in [5.74, 6) is 0.441. The Morgan fingerprint density at radius 2 is 2.04 bits per heavy atom. The number of nitrogens with zero attached hydrogens (tertiary/aromatic N) is 2. The van der Waals surface area contributed by atoms with Crippen LogP contribution >= 0.6 is 11.3 Å². The molecule has 28 heavy (non-hydrogen) atoms. The Kier molecular flexibility index (Phi) is 5.52. The standard InChI is InChI=1S/C21H22FN3O2S/c1-13-4-2-3-5-17(13)25-18(26)10-27-20-19-16(11-28-21(19)24-12-23-20)14-6-8-15(22)9-7-14/h6-9,11-13,17H,2-5,10H2,1H3,(H,25,26)/t13-,17+/m1/s1. The molecule has 146 valence electrons. The van der Waals surface area contributed by atoms with Crippen LogP contribution in [-0.4, -0.2) is 28.5 Å². The quantitative estimate of drug-likeness (QED) is 0.683. The molecule has 1 fully saturated rings. The summed E-state index contributed by atoms with van der Waals surface area (Å²) < 4.78 is 19.0. The molecule has 0 spiro atoms. The molecule has 1 N–H and O–H groups in total. The zero-order chi connectivity index (χ0) is 19.5. The molecule has 1 amide bonds. The summed E-state index contributed by atoms with van der Waals surface area (Å²) in [6.07, 6.45) is 5.98. The minimum Gasteiger partial charge on any atom is -0.467 e. The third-order valence-electron chi connectivity index (χ3n) is 5.29. The summed E-state index contributed by atoms with van der Waals surface area (Å²) in [5.41, 5.74) is 1.73. The normalized spacial score (nSPS) is 19.5. The number of thiophene rings is 1. The van der Waals surface area contributed by atoms with Crippen molar-refractivity contribution in [2.75, 3.05) is 6.61 Å². The van der Waals surface area contributed by atoms with Gasteiger partial charge in [0.25, 0.3) is 5.91 Å². The van der Waals surface area contributed by atoms with Crippen LogP contribution in [0, 0.1) is 11.7 Å². The second-order valence-corrected chi connectivity index (χ2v) is 8.10. The van der Waals surface area contributed by atoms with Crippen molar-refractivity contribution >= 4 is 27.5 Å². The first-order valence-corrected chi connectivity index (χ1v) is 10.4. The van der Waals surface area contributed by atoms with Gasteiger partial charge in [-0.25, -0.2) is 14.4 Å². The third-order valence-corrected chi connectivity index (χ3v) is 6.17. The summed E-state index contributed by atoms with van der Waals surface area (Å²) in [6.45, 7) is 2.09. The fourth-order valence-corrected chi connectivity index (χ4v) is 4.62. The number of nitrogens with one attached hydrogen (secondary N) is 1. The molecule has 7 heteroatoms. The Morgan fingerprint density at radius 3 is 2.82 bits per heavy atom. The van der Waals surface area contributed by atoms with Crippen LogP contribution in [0.1, 0.15) is 32.6 Å². The predicted octanol–water partition coefficient (Wildman–Crippen LogP) is 4.57. The van der Waals surface area contributed by atoms with Crippen LogP contribution in [0.2, 0.25) is 0 Å². The molecule has 2 heterocycles. The van der Waals surface area contributed by atoms with Crippen LogP contribution in [-0.2, 0) is 4.79 Å². The smallest absolute Gasteiger partial charge is 0.258 e. The molecule has 1 aromatic carbocycles. The zero-order valence-electron chi connectivity index (χ0n) is 15.7. The molecule has 5 nitrogen and oxygen atoms in total. The molecule has 4 rings (SSSR count). The highest BCUT2D eigenvalue weighted by Crippen LogP contribution is 2.37. The number of benzene rings is 1. The average molecular weight is 399 g/mol. The van der Waals surface area contributed by atoms with Crippen LogP contribution in [0.3, 0.4) is 0 Å². The number of amides is 1. The van der Waals surface area contributed by atoms with E-state index in [0.717, 1.165) is 40.6 Å². The number of hydrogen-bond donors (Lipinski definition) is 1. The van der Waals surface area contributed by atoms with Crippen molar-refractivity contribution in [3.8, 4) is 17.0 Å². The number of halogens is 1. The highest BCUT2D eigenvalue weighted by atomic mass is 32.1. The van der Waals surface area contributed by atoms with Crippen molar-refractivity contribution in [2.45, 2.75) is 38.6 Å². The number of carbonyl (C=O) groups is 1. The molecule has 3 aromatic rings. The topological polar surface area (TPSA) is 64.1 Å². The van der Waals surface area contributed by atoms with E-state index in [2.05, 4.69) is 22.2 Å². The summed E-state index contributed by atoms with van der Waals surface area (Å²) in [6, 6.07) is 6.48. The first-order chi connectivity index (χ1) is 13.6. The Morgan fingerprint density at radius 1 is 1.25 bits per heavy atom. The summed E-state index contributed by atoms with van der Waals surface area (Å²) in [5, 5.41) is 5.78. The van der Waals surface area contributed by atoms with Gasteiger partial charge in [0.1, 0.15) is 17.0 Å². The van der Waals surface area contributed by atoms with Gasteiger partial charge in [0.15, 0.2) is 6.61 Å². The lowest BCUT2D eigenvalue weighted by Crippen LogP contribution is -2.43. The maximum Gasteiger partial charge on any atom is 0.258 e. The lowest BCUT2D eigenvalue weighted by molar-refractivity contribution is -0.124. The number of hydrogen-bond acceptors (Lipinski definition) is 5. The Labute approximate surface area is 167 Å². The first-order valence-electron chi connectivity index (χ1n) is 9.52. The molecule has 1 saturated carbocycles. The second-order valence-electron chi connectivity index (χ2n) is 7.24. The lowest BCUT2D eigenvalue weighted by Gasteiger charge is -2.29. The van der Waals surface area contributed by atoms with Gasteiger partial charge in [-0.3, -0.25) is 4.79 Å². The van der Waals surface area contributed by atoms with E-state index in [9.17, 15) is 9.18 Å². The van der Waals surface area contributed by atoms with E-state index in [1.807, 2.05) is 5.38 Å². The molecule has 0 unspecified atom stereocenters. The number of ether oxygens (including phenoxy) is 1. The summed E-state index contributed by atoms with van der Waals surface area (Å²) in [4.78, 5) is 21.7. The van der Waals surface area contributed by atoms with Gasteiger partial charge in [-0.2, -0.15) is 0 Å². The van der Waals surface area contributed by atoms with E-state index in [0.29, 0.717) is 11.8 Å². The molecule has 0 aliphatic heterocycles. The Bertz CT molecular complexity index is 973. The fourth-order valence-electron chi connectivity index (χ4n) is 3.71. The van der Waals surface area contributed by atoms with Gasteiger partial charge in [-0.1, -0.05) is 31.9 Å². The molecule has 0 radical (unpaired) electrons. The molecule has 1 aliphatic carbocycles. The lowest BCUT2D eigenvalue weighted by atomic mass is 9.86. The van der Waals surface area contributed by atoms with Crippen molar-refractivity contribution in [3.05, 3.63) is 41.8 Å². The van der Waals surface area contributed by atoms with Crippen LogP contribution < -0.4 is 10.1 Å². The van der Waals surface area contributed by atoms with E-state index in [-0.39, 0.29) is 24.4 Å². The highest BCUT2D eigenvalue weighted by molar-refractivity contribution is 7.17. The van der Waals surface area contributed by atoms with Crippen molar-refractivity contribution in [2.24, 2.45) is 5.92 Å². The molecule has 2 atom stereocenters. The van der Waals surface area contributed by atoms with E-state index in [4.69, 9.17) is 4.74 Å². The van der Waals surface area contributed by atoms with Gasteiger partial charge in [-0.15, -0.1) is 11.3 Å². The van der Waals surface area contributed by atoms with Crippen LogP contribution in [0.4, 0.5) is 4.39 Å². The summed E-state index contributed by atoms with van der Waals surface area (Å²) >= 11 is 1.46. The van der Waals surface area contributed by atoms with Crippen molar-refractivity contribution < 1.29 is 13.9 Å². The molecule has 0 saturated heterocycles. The predicted molar refractivity (Wildman–Crippen MR) is 108 cm³/mol. The van der Waals surface area contributed by atoms with Gasteiger partial charge in [0, 0.05) is 17.0 Å². The Balaban J connectivity index is 1.51. The maximum atomic E-state index is 13.3. The van der Waals surface area contributed by atoms with Crippen molar-refractivity contribution in [1.29, 1.82) is 0 Å². The maximum absolute atomic E-state index is 13.3. The molecular formula is C21H22FN3O2S. The van der Waals surface area contributed by atoms with Gasteiger partial charge in [-0.05, 0) is 36.5 Å². The van der Waals surface area contributed by atoms with E-state index in [1.165, 1.54) is 36.2 Å². The number of fused-ring (bicyclic) bond motifs is 1. The minimum absolute atomic E-state index is 0.0892. The fraction of sp³-hybridized carbons (Fsp3) is 0.381. The van der Waals surface area contributed by atoms with Gasteiger partial charge in [0.05, 0.1) is 5.39 Å². The molecule has 1 aliphatic rings. The second kappa shape index (κ2) is 8.22. The SMILES string of the molecule is C[C@@H]1CCCC[C@@H]1NC(=O)COc1ncnc2scc(-c3ccc(F)cc3)c12. The van der Waals surface area contributed by atoms with Gasteiger partial charge in [0.2, 0.25) is 5.88 Å². The molecule has 0 bridgehead atoms. The zero-order valence-corrected chi connectivity index (χ0v) is 16.5. The number of carbonyl (C=O) groups excluding carboxylic acids is 1. The average Bonchev–Trinajstić information content (AvgIpc) is 3.13. The van der Waals surface area contributed by atoms with E-state index in [1.54, 1.807) is 12.1 Å². The Hall–Kier alpha value is -2.54. The number of rotatable bonds is 5. The van der Waals surface area contributed by atoms with Crippen molar-refractivity contribution in [3.63, 3.8) is 0 Å². The van der Waals surface area contributed by atoms with Crippen LogP contribution in [0.5, 0.6) is 5.88 Å².